The number of nitrogens with zero attached hydrogens (tertiary/aromatic N) is 6. The van der Waals surface area contributed by atoms with Gasteiger partial charge in [-0.05, 0) is 43.0 Å². The molecule has 0 saturated carbocycles. The minimum absolute atomic E-state index is 0. The Labute approximate surface area is 238 Å². The van der Waals surface area contributed by atoms with Crippen LogP contribution in [0.15, 0.2) is 43.1 Å². The number of nitrogens with one attached hydrogen (secondary N) is 1. The average Bonchev–Trinajstić information content (AvgIpc) is 3.25. The van der Waals surface area contributed by atoms with Crippen molar-refractivity contribution in [2.75, 3.05) is 23.3 Å². The zero-order valence-corrected chi connectivity index (χ0v) is 22.7. The summed E-state index contributed by atoms with van der Waals surface area (Å²) in [5.41, 5.74) is -0.881. The van der Waals surface area contributed by atoms with Gasteiger partial charge in [-0.1, -0.05) is 6.92 Å². The number of rotatable bonds is 6. The fourth-order valence-corrected chi connectivity index (χ4v) is 4.60. The third-order valence-electron chi connectivity index (χ3n) is 6.63. The fourth-order valence-electron chi connectivity index (χ4n) is 4.60. The number of piperidine rings is 1. The van der Waals surface area contributed by atoms with E-state index in [1.807, 2.05) is 6.92 Å². The number of hydrogen-bond donors (Lipinski definition) is 2. The third kappa shape index (κ3) is 6.04. The number of alkyl halides is 3. The molecule has 0 amide bonds. The van der Waals surface area contributed by atoms with Crippen molar-refractivity contribution in [1.82, 2.24) is 24.5 Å². The van der Waals surface area contributed by atoms with Gasteiger partial charge in [-0.2, -0.15) is 13.2 Å². The van der Waals surface area contributed by atoms with Crippen molar-refractivity contribution in [1.29, 1.82) is 0 Å². The molecule has 0 aliphatic carbocycles. The molecule has 1 fully saturated rings. The zero-order valence-electron chi connectivity index (χ0n) is 21.0. The van der Waals surface area contributed by atoms with Crippen LogP contribution in [0.4, 0.5) is 35.0 Å². The Hall–Kier alpha value is -3.71. The van der Waals surface area contributed by atoms with E-state index in [9.17, 15) is 18.0 Å². The number of aryl methyl sites for hydroxylation is 1. The molecular weight excluding hydrogens is 577 g/mol. The van der Waals surface area contributed by atoms with Gasteiger partial charge in [0.25, 0.3) is 0 Å². The van der Waals surface area contributed by atoms with Gasteiger partial charge in [-0.25, -0.2) is 29.1 Å². The van der Waals surface area contributed by atoms with Crippen molar-refractivity contribution in [3.05, 3.63) is 65.6 Å². The summed E-state index contributed by atoms with van der Waals surface area (Å²) in [4.78, 5) is 30.3. The van der Waals surface area contributed by atoms with E-state index >= 15 is 4.39 Å². The Morgan fingerprint density at radius 2 is 1.77 bits per heavy atom. The summed E-state index contributed by atoms with van der Waals surface area (Å²) in [6.45, 7) is 3.30. The van der Waals surface area contributed by atoms with Crippen LogP contribution in [0, 0.1) is 5.82 Å². The number of benzene rings is 1. The van der Waals surface area contributed by atoms with Crippen molar-refractivity contribution in [3.8, 4) is 0 Å². The lowest BCUT2D eigenvalue weighted by molar-refractivity contribution is -0.136. The Bertz CT molecular complexity index is 1490. The highest BCUT2D eigenvalue weighted by atomic mass is 35.5. The molecule has 5 rings (SSSR count). The van der Waals surface area contributed by atoms with Gasteiger partial charge in [0, 0.05) is 37.7 Å². The second kappa shape index (κ2) is 12.2. The van der Waals surface area contributed by atoms with Crippen LogP contribution in [0.3, 0.4) is 0 Å². The predicted octanol–water partition coefficient (Wildman–Crippen LogP) is 6.07. The third-order valence-corrected chi connectivity index (χ3v) is 6.63. The standard InChI is InChI=1S/C25H23F4N7O2.2ClH/c1-2-14-10-30-24(31-11-14)35-7-5-16(6-8-35)36-12-18(26)20-21(32-13-33-22(20)36)34-19-4-3-15(23(37)38)9-17(19)25(27,28)29;;/h3-4,9-13,16H,2,5-8H2,1H3,(H,37,38)(H,32,33,34);2*1H. The summed E-state index contributed by atoms with van der Waals surface area (Å²) >= 11 is 0. The first-order valence-electron chi connectivity index (χ1n) is 11.9. The summed E-state index contributed by atoms with van der Waals surface area (Å²) in [5, 5.41) is 11.6. The first-order valence-corrected chi connectivity index (χ1v) is 11.9. The highest BCUT2D eigenvalue weighted by molar-refractivity contribution is 5.92. The molecule has 1 saturated heterocycles. The van der Waals surface area contributed by atoms with Gasteiger partial charge in [0.2, 0.25) is 5.95 Å². The molecule has 0 unspecified atom stereocenters. The van der Waals surface area contributed by atoms with Crippen LogP contribution in [0.2, 0.25) is 0 Å². The lowest BCUT2D eigenvalue weighted by Gasteiger charge is -2.32. The monoisotopic (exact) mass is 601 g/mol. The predicted molar refractivity (Wildman–Crippen MR) is 146 cm³/mol. The van der Waals surface area contributed by atoms with Crippen LogP contribution in [0.1, 0.15) is 47.3 Å². The summed E-state index contributed by atoms with van der Waals surface area (Å²) in [6, 6.07) is 2.45. The lowest BCUT2D eigenvalue weighted by atomic mass is 10.1. The molecule has 214 valence electrons. The Morgan fingerprint density at radius 1 is 1.10 bits per heavy atom. The van der Waals surface area contributed by atoms with Crippen LogP contribution in [0.5, 0.6) is 0 Å². The summed E-state index contributed by atoms with van der Waals surface area (Å²) < 4.78 is 57.9. The van der Waals surface area contributed by atoms with Crippen LogP contribution in [-0.2, 0) is 12.6 Å². The van der Waals surface area contributed by atoms with Crippen LogP contribution >= 0.6 is 24.8 Å². The fraction of sp³-hybridized carbons (Fsp3) is 0.320. The maximum Gasteiger partial charge on any atom is 0.418 e. The molecule has 9 nitrogen and oxygen atoms in total. The van der Waals surface area contributed by atoms with E-state index in [4.69, 9.17) is 5.11 Å². The molecule has 0 spiro atoms. The van der Waals surface area contributed by atoms with E-state index in [0.717, 1.165) is 30.4 Å². The van der Waals surface area contributed by atoms with Crippen LogP contribution in [-0.4, -0.2) is 48.7 Å². The van der Waals surface area contributed by atoms with Gasteiger partial charge in [-0.3, -0.25) is 0 Å². The summed E-state index contributed by atoms with van der Waals surface area (Å²) in [5.74, 6) is -1.70. The number of aromatic carboxylic acids is 1. The van der Waals surface area contributed by atoms with Crippen molar-refractivity contribution in [3.63, 3.8) is 0 Å². The highest BCUT2D eigenvalue weighted by Crippen LogP contribution is 2.38. The van der Waals surface area contributed by atoms with Crippen LogP contribution < -0.4 is 10.2 Å². The number of halogens is 6. The quantitative estimate of drug-likeness (QED) is 0.256. The molecule has 4 aromatic rings. The number of carboxylic acid groups (broad SMARTS) is 1. The number of carbonyl (C=O) groups is 1. The maximum absolute atomic E-state index is 15.2. The van der Waals surface area contributed by atoms with E-state index in [0.29, 0.717) is 37.9 Å². The highest BCUT2D eigenvalue weighted by Gasteiger charge is 2.35. The van der Waals surface area contributed by atoms with E-state index in [2.05, 4.69) is 30.2 Å². The van der Waals surface area contributed by atoms with Gasteiger partial charge in [-0.15, -0.1) is 24.8 Å². The normalized spacial score (nSPS) is 14.0. The summed E-state index contributed by atoms with van der Waals surface area (Å²) in [6.07, 6.45) is 3.35. The molecular formula is C25H25Cl2F4N7O2. The van der Waals surface area contributed by atoms with Crippen molar-refractivity contribution >= 4 is 59.3 Å². The molecule has 1 aromatic carbocycles. The molecule has 0 bridgehead atoms. The van der Waals surface area contributed by atoms with Gasteiger partial charge >= 0.3 is 12.1 Å². The van der Waals surface area contributed by atoms with Gasteiger partial charge in [0.15, 0.2) is 5.82 Å². The first kappa shape index (κ1) is 30.8. The Balaban J connectivity index is 0.00000220. The number of fused-ring (bicyclic) bond motifs is 1. The molecule has 4 heterocycles. The van der Waals surface area contributed by atoms with E-state index in [1.165, 1.54) is 6.20 Å². The molecule has 15 heteroatoms. The lowest BCUT2D eigenvalue weighted by Crippen LogP contribution is -2.35. The number of anilines is 3. The number of carboxylic acids is 1. The van der Waals surface area contributed by atoms with E-state index < -0.39 is 34.8 Å². The van der Waals surface area contributed by atoms with E-state index in [-0.39, 0.29) is 47.7 Å². The SMILES string of the molecule is CCc1cnc(N2CCC(n3cc(F)c4c(Nc5ccc(C(=O)O)cc5C(F)(F)F)ncnc43)CC2)nc1.Cl.Cl. The van der Waals surface area contributed by atoms with E-state index in [1.54, 1.807) is 17.0 Å². The Morgan fingerprint density at radius 3 is 2.38 bits per heavy atom. The minimum Gasteiger partial charge on any atom is -0.478 e. The topological polar surface area (TPSA) is 109 Å². The molecule has 0 atom stereocenters. The van der Waals surface area contributed by atoms with Gasteiger partial charge in [0.05, 0.1) is 22.2 Å². The van der Waals surface area contributed by atoms with Crippen molar-refractivity contribution in [2.24, 2.45) is 0 Å². The van der Waals surface area contributed by atoms with Gasteiger partial charge < -0.3 is 19.9 Å². The number of aromatic nitrogens is 5. The molecule has 3 aromatic heterocycles. The smallest absolute Gasteiger partial charge is 0.418 e. The average molecular weight is 602 g/mol. The number of hydrogen-bond acceptors (Lipinski definition) is 7. The minimum atomic E-state index is -4.85. The second-order valence-electron chi connectivity index (χ2n) is 8.96. The molecule has 1 aliphatic rings. The largest absolute Gasteiger partial charge is 0.478 e. The van der Waals surface area contributed by atoms with Crippen molar-refractivity contribution in [2.45, 2.75) is 38.4 Å². The zero-order chi connectivity index (χ0) is 27.0. The molecule has 40 heavy (non-hydrogen) atoms. The molecule has 1 aliphatic heterocycles. The molecule has 0 radical (unpaired) electrons. The first-order chi connectivity index (χ1) is 18.2. The molecule has 2 N–H and O–H groups in total. The van der Waals surface area contributed by atoms with Crippen molar-refractivity contribution < 1.29 is 27.5 Å². The maximum atomic E-state index is 15.2. The second-order valence-corrected chi connectivity index (χ2v) is 8.96. The Kier molecular flexibility index (Phi) is 9.41. The summed E-state index contributed by atoms with van der Waals surface area (Å²) in [7, 11) is 0. The van der Waals surface area contributed by atoms with Crippen LogP contribution in [0.25, 0.3) is 11.0 Å². The van der Waals surface area contributed by atoms with Gasteiger partial charge in [0.1, 0.15) is 17.8 Å².